The average Bonchev–Trinajstić information content (AvgIpc) is 2.58. The highest BCUT2D eigenvalue weighted by Crippen LogP contribution is 2.22. The summed E-state index contributed by atoms with van der Waals surface area (Å²) < 4.78 is 0. The number of halogens is 1. The van der Waals surface area contributed by atoms with E-state index in [-0.39, 0.29) is 10.7 Å². The number of rotatable bonds is 7. The van der Waals surface area contributed by atoms with Crippen LogP contribution >= 0.6 is 15.9 Å². The Balaban J connectivity index is 2.20. The van der Waals surface area contributed by atoms with E-state index < -0.39 is 0 Å². The molecule has 0 aromatic heterocycles. The van der Waals surface area contributed by atoms with Crippen LogP contribution in [0.25, 0.3) is 0 Å². The summed E-state index contributed by atoms with van der Waals surface area (Å²) in [6.45, 7) is 2.74. The fraction of sp³-hybridized carbons (Fsp3) is 0.316. The fourth-order valence-electron chi connectivity index (χ4n) is 2.35. The van der Waals surface area contributed by atoms with Crippen molar-refractivity contribution in [2.75, 3.05) is 4.90 Å². The van der Waals surface area contributed by atoms with E-state index in [0.29, 0.717) is 6.54 Å². The molecule has 0 saturated heterocycles. The first-order valence-electron chi connectivity index (χ1n) is 7.76. The molecule has 116 valence electrons. The molecule has 2 nitrogen and oxygen atoms in total. The number of carbonyl (C=O) groups is 1. The van der Waals surface area contributed by atoms with Crippen molar-refractivity contribution in [2.24, 2.45) is 0 Å². The van der Waals surface area contributed by atoms with E-state index in [1.807, 2.05) is 53.4 Å². The highest BCUT2D eigenvalue weighted by molar-refractivity contribution is 9.10. The molecule has 22 heavy (non-hydrogen) atoms. The zero-order chi connectivity index (χ0) is 15.8. The number of hydrogen-bond donors (Lipinski definition) is 0. The van der Waals surface area contributed by atoms with Gasteiger partial charge < -0.3 is 4.90 Å². The number of carbonyl (C=O) groups excluding carboxylic acids is 1. The highest BCUT2D eigenvalue weighted by atomic mass is 79.9. The number of benzene rings is 2. The molecule has 3 heteroatoms. The van der Waals surface area contributed by atoms with Gasteiger partial charge in [0.25, 0.3) is 0 Å². The van der Waals surface area contributed by atoms with Crippen LogP contribution in [0.5, 0.6) is 0 Å². The molecule has 0 heterocycles. The van der Waals surface area contributed by atoms with Crippen molar-refractivity contribution in [1.29, 1.82) is 0 Å². The molecule has 2 aromatic carbocycles. The predicted molar refractivity (Wildman–Crippen MR) is 96.3 cm³/mol. The Morgan fingerprint density at radius 2 is 1.64 bits per heavy atom. The number of unbranched alkanes of at least 4 members (excludes halogenated alkanes) is 1. The third kappa shape index (κ3) is 4.70. The molecule has 2 aromatic rings. The zero-order valence-corrected chi connectivity index (χ0v) is 14.5. The second-order valence-electron chi connectivity index (χ2n) is 5.36. The van der Waals surface area contributed by atoms with Crippen molar-refractivity contribution in [3.63, 3.8) is 0 Å². The number of alkyl halides is 1. The average molecular weight is 360 g/mol. The van der Waals surface area contributed by atoms with Gasteiger partial charge in [0.2, 0.25) is 5.91 Å². The second-order valence-corrected chi connectivity index (χ2v) is 6.46. The SMILES string of the molecule is CCCCC(Br)C(=O)N(Cc1ccccc1)c1ccccc1. The molecule has 0 fully saturated rings. The van der Waals surface area contributed by atoms with Crippen molar-refractivity contribution in [2.45, 2.75) is 37.6 Å². The van der Waals surface area contributed by atoms with E-state index in [2.05, 4.69) is 35.0 Å². The van der Waals surface area contributed by atoms with Crippen LogP contribution in [0, 0.1) is 0 Å². The minimum atomic E-state index is -0.128. The summed E-state index contributed by atoms with van der Waals surface area (Å²) in [6, 6.07) is 20.0. The van der Waals surface area contributed by atoms with Crippen LogP contribution in [0.2, 0.25) is 0 Å². The van der Waals surface area contributed by atoms with Gasteiger partial charge in [-0.25, -0.2) is 0 Å². The van der Waals surface area contributed by atoms with Crippen LogP contribution in [0.4, 0.5) is 5.69 Å². The second kappa shape index (κ2) is 8.74. The third-order valence-electron chi connectivity index (χ3n) is 3.60. The van der Waals surface area contributed by atoms with Crippen molar-refractivity contribution >= 4 is 27.5 Å². The van der Waals surface area contributed by atoms with Crippen LogP contribution < -0.4 is 4.90 Å². The molecule has 0 radical (unpaired) electrons. The molecule has 0 spiro atoms. The van der Waals surface area contributed by atoms with Gasteiger partial charge in [0.15, 0.2) is 0 Å². The summed E-state index contributed by atoms with van der Waals surface area (Å²) in [7, 11) is 0. The molecule has 1 amide bonds. The first-order valence-corrected chi connectivity index (χ1v) is 8.68. The number of nitrogens with zero attached hydrogens (tertiary/aromatic N) is 1. The van der Waals surface area contributed by atoms with Crippen molar-refractivity contribution in [3.8, 4) is 0 Å². The molecule has 1 unspecified atom stereocenters. The summed E-state index contributed by atoms with van der Waals surface area (Å²) in [4.78, 5) is 14.6. The summed E-state index contributed by atoms with van der Waals surface area (Å²) in [5.41, 5.74) is 2.08. The molecular weight excluding hydrogens is 338 g/mol. The predicted octanol–water partition coefficient (Wildman–Crippen LogP) is 5.17. The van der Waals surface area contributed by atoms with Gasteiger partial charge in [-0.1, -0.05) is 84.2 Å². The Bertz CT molecular complexity index is 571. The van der Waals surface area contributed by atoms with E-state index in [1.54, 1.807) is 0 Å². The molecule has 1 atom stereocenters. The quantitative estimate of drug-likeness (QED) is 0.624. The minimum Gasteiger partial charge on any atom is -0.307 e. The maximum atomic E-state index is 12.8. The number of para-hydroxylation sites is 1. The van der Waals surface area contributed by atoms with Crippen molar-refractivity contribution in [1.82, 2.24) is 0 Å². The Morgan fingerprint density at radius 1 is 1.05 bits per heavy atom. The summed E-state index contributed by atoms with van der Waals surface area (Å²) in [6.07, 6.45) is 3.02. The lowest BCUT2D eigenvalue weighted by Gasteiger charge is -2.25. The Kier molecular flexibility index (Phi) is 6.66. The standard InChI is InChI=1S/C19H22BrNO/c1-2-3-14-18(20)19(22)21(17-12-8-5-9-13-17)15-16-10-6-4-7-11-16/h4-13,18H,2-3,14-15H2,1H3. The molecule has 2 rings (SSSR count). The Hall–Kier alpha value is -1.61. The molecule has 0 aliphatic heterocycles. The summed E-state index contributed by atoms with van der Waals surface area (Å²) in [5.74, 6) is 0.128. The van der Waals surface area contributed by atoms with Gasteiger partial charge in [0.05, 0.1) is 11.4 Å². The van der Waals surface area contributed by atoms with E-state index in [4.69, 9.17) is 0 Å². The maximum Gasteiger partial charge on any atom is 0.241 e. The monoisotopic (exact) mass is 359 g/mol. The first kappa shape index (κ1) is 16.8. The van der Waals surface area contributed by atoms with Gasteiger partial charge >= 0.3 is 0 Å². The Morgan fingerprint density at radius 3 is 2.23 bits per heavy atom. The topological polar surface area (TPSA) is 20.3 Å². The van der Waals surface area contributed by atoms with Gasteiger partial charge in [-0.05, 0) is 24.1 Å². The lowest BCUT2D eigenvalue weighted by Crippen LogP contribution is -2.36. The number of amides is 1. The maximum absolute atomic E-state index is 12.8. The van der Waals surface area contributed by atoms with E-state index in [1.165, 1.54) is 0 Å². The summed E-state index contributed by atoms with van der Waals surface area (Å²) >= 11 is 3.56. The van der Waals surface area contributed by atoms with Crippen LogP contribution in [0.3, 0.4) is 0 Å². The van der Waals surface area contributed by atoms with Gasteiger partial charge in [-0.2, -0.15) is 0 Å². The third-order valence-corrected chi connectivity index (χ3v) is 4.45. The minimum absolute atomic E-state index is 0.128. The highest BCUT2D eigenvalue weighted by Gasteiger charge is 2.23. The van der Waals surface area contributed by atoms with E-state index >= 15 is 0 Å². The molecule has 0 bridgehead atoms. The summed E-state index contributed by atoms with van der Waals surface area (Å²) in [5, 5.41) is 0. The van der Waals surface area contributed by atoms with Crippen molar-refractivity contribution < 1.29 is 4.79 Å². The van der Waals surface area contributed by atoms with Crippen LogP contribution in [-0.2, 0) is 11.3 Å². The van der Waals surface area contributed by atoms with Gasteiger partial charge in [0, 0.05) is 5.69 Å². The van der Waals surface area contributed by atoms with E-state index in [0.717, 1.165) is 30.5 Å². The lowest BCUT2D eigenvalue weighted by atomic mass is 10.1. The first-order chi connectivity index (χ1) is 10.7. The van der Waals surface area contributed by atoms with Crippen LogP contribution in [-0.4, -0.2) is 10.7 Å². The molecule has 0 saturated carbocycles. The van der Waals surface area contributed by atoms with E-state index in [9.17, 15) is 4.79 Å². The molecule has 0 aliphatic rings. The normalized spacial score (nSPS) is 11.9. The van der Waals surface area contributed by atoms with Gasteiger partial charge in [-0.15, -0.1) is 0 Å². The van der Waals surface area contributed by atoms with Crippen LogP contribution in [0.15, 0.2) is 60.7 Å². The van der Waals surface area contributed by atoms with Gasteiger partial charge in [0.1, 0.15) is 0 Å². The molecule has 0 aliphatic carbocycles. The molecular formula is C19H22BrNO. The van der Waals surface area contributed by atoms with Crippen molar-refractivity contribution in [3.05, 3.63) is 66.2 Å². The largest absolute Gasteiger partial charge is 0.307 e. The number of hydrogen-bond acceptors (Lipinski definition) is 1. The number of anilines is 1. The molecule has 0 N–H and O–H groups in total. The fourth-order valence-corrected chi connectivity index (χ4v) is 2.92. The van der Waals surface area contributed by atoms with Crippen LogP contribution in [0.1, 0.15) is 31.7 Å². The Labute approximate surface area is 141 Å². The van der Waals surface area contributed by atoms with Gasteiger partial charge in [-0.3, -0.25) is 4.79 Å². The smallest absolute Gasteiger partial charge is 0.241 e. The lowest BCUT2D eigenvalue weighted by molar-refractivity contribution is -0.118. The zero-order valence-electron chi connectivity index (χ0n) is 12.9.